The number of carbonyl (C=O) groups is 2. The lowest BCUT2D eigenvalue weighted by Gasteiger charge is -2.04. The van der Waals surface area contributed by atoms with E-state index < -0.39 is 11.8 Å². The lowest BCUT2D eigenvalue weighted by atomic mass is 10.0. The summed E-state index contributed by atoms with van der Waals surface area (Å²) >= 11 is 0. The summed E-state index contributed by atoms with van der Waals surface area (Å²) in [4.78, 5) is 22.4. The molecule has 1 rings (SSSR count). The number of esters is 1. The number of allylic oxidation sites excluding steroid dienone is 1. The normalized spacial score (nSPS) is 10.6. The maximum Gasteiger partial charge on any atom is 0.330 e. The van der Waals surface area contributed by atoms with Gasteiger partial charge in [0.15, 0.2) is 5.78 Å². The van der Waals surface area contributed by atoms with Crippen LogP contribution >= 0.6 is 0 Å². The molecule has 4 heteroatoms. The first-order chi connectivity index (χ1) is 8.54. The number of benzene rings is 1. The zero-order valence-corrected chi connectivity index (χ0v) is 10.4. The van der Waals surface area contributed by atoms with Gasteiger partial charge in [-0.2, -0.15) is 0 Å². The number of ether oxygens (including phenoxy) is 1. The van der Waals surface area contributed by atoms with Gasteiger partial charge < -0.3 is 4.74 Å². The number of halogens is 1. The minimum absolute atomic E-state index is 0.130. The zero-order chi connectivity index (χ0) is 13.5. The van der Waals surface area contributed by atoms with Gasteiger partial charge in [0, 0.05) is 11.6 Å². The van der Waals surface area contributed by atoms with Crippen LogP contribution in [0.15, 0.2) is 30.4 Å². The van der Waals surface area contributed by atoms with Crippen molar-refractivity contribution in [2.75, 3.05) is 6.61 Å². The van der Waals surface area contributed by atoms with Gasteiger partial charge in [-0.15, -0.1) is 0 Å². The molecule has 1 aromatic rings. The molecule has 0 aliphatic rings. The van der Waals surface area contributed by atoms with Crippen molar-refractivity contribution < 1.29 is 18.7 Å². The van der Waals surface area contributed by atoms with Gasteiger partial charge in [0.2, 0.25) is 0 Å². The molecule has 0 unspecified atom stereocenters. The van der Waals surface area contributed by atoms with Gasteiger partial charge in [-0.1, -0.05) is 6.08 Å². The first-order valence-corrected chi connectivity index (χ1v) is 5.67. The van der Waals surface area contributed by atoms with E-state index >= 15 is 0 Å². The number of hydrogen-bond acceptors (Lipinski definition) is 3. The van der Waals surface area contributed by atoms with Gasteiger partial charge >= 0.3 is 5.97 Å². The molecule has 3 nitrogen and oxygen atoms in total. The molecule has 1 aromatic carbocycles. The third kappa shape index (κ3) is 4.13. The molecule has 0 radical (unpaired) electrons. The van der Waals surface area contributed by atoms with Gasteiger partial charge in [0.1, 0.15) is 5.82 Å². The number of rotatable bonds is 5. The Balaban J connectivity index is 2.80. The summed E-state index contributed by atoms with van der Waals surface area (Å²) in [5.74, 6) is -0.979. The van der Waals surface area contributed by atoms with Crippen LogP contribution in [0.1, 0.15) is 29.8 Å². The SMILES string of the molecule is CCOC(=O)/C=C/Cc1cc(F)ccc1C(C)=O. The Morgan fingerprint density at radius 2 is 2.11 bits per heavy atom. The molecule has 0 spiro atoms. The summed E-state index contributed by atoms with van der Waals surface area (Å²) < 4.78 is 17.8. The smallest absolute Gasteiger partial charge is 0.330 e. The molecular weight excluding hydrogens is 235 g/mol. The molecule has 0 bridgehead atoms. The minimum Gasteiger partial charge on any atom is -0.463 e. The predicted molar refractivity (Wildman–Crippen MR) is 65.9 cm³/mol. The second kappa shape index (κ2) is 6.69. The molecule has 18 heavy (non-hydrogen) atoms. The van der Waals surface area contributed by atoms with Crippen LogP contribution in [0.2, 0.25) is 0 Å². The van der Waals surface area contributed by atoms with E-state index in [0.29, 0.717) is 24.2 Å². The number of Topliss-reactive ketones (excluding diaryl/α,β-unsaturated/α-hetero) is 1. The highest BCUT2D eigenvalue weighted by Crippen LogP contribution is 2.13. The Labute approximate surface area is 105 Å². The Hall–Kier alpha value is -1.97. The molecule has 0 heterocycles. The summed E-state index contributed by atoms with van der Waals surface area (Å²) in [6.07, 6.45) is 3.14. The predicted octanol–water partition coefficient (Wildman–Crippen LogP) is 2.69. The molecule has 0 amide bonds. The van der Waals surface area contributed by atoms with E-state index in [0.717, 1.165) is 0 Å². The standard InChI is InChI=1S/C14H15FO3/c1-3-18-14(17)6-4-5-11-9-12(15)7-8-13(11)10(2)16/h4,6-9H,3,5H2,1-2H3/b6-4+. The first kappa shape index (κ1) is 14.1. The van der Waals surface area contributed by atoms with E-state index in [1.54, 1.807) is 13.0 Å². The molecule has 0 aliphatic carbocycles. The minimum atomic E-state index is -0.446. The van der Waals surface area contributed by atoms with Crippen molar-refractivity contribution in [3.63, 3.8) is 0 Å². The summed E-state index contributed by atoms with van der Waals surface area (Å²) in [6.45, 7) is 3.44. The van der Waals surface area contributed by atoms with Crippen molar-refractivity contribution in [3.05, 3.63) is 47.3 Å². The van der Waals surface area contributed by atoms with Gasteiger partial charge in [-0.25, -0.2) is 9.18 Å². The van der Waals surface area contributed by atoms with Crippen molar-refractivity contribution in [2.24, 2.45) is 0 Å². The Bertz CT molecular complexity index is 478. The zero-order valence-electron chi connectivity index (χ0n) is 10.4. The Kier molecular flexibility index (Phi) is 5.24. The highest BCUT2D eigenvalue weighted by molar-refractivity contribution is 5.95. The van der Waals surface area contributed by atoms with Crippen LogP contribution in [0.5, 0.6) is 0 Å². The van der Waals surface area contributed by atoms with Crippen LogP contribution in [0.4, 0.5) is 4.39 Å². The molecule has 0 fully saturated rings. The lowest BCUT2D eigenvalue weighted by Crippen LogP contribution is -2.01. The van der Waals surface area contributed by atoms with Crippen molar-refractivity contribution in [1.29, 1.82) is 0 Å². The van der Waals surface area contributed by atoms with E-state index in [2.05, 4.69) is 0 Å². The van der Waals surface area contributed by atoms with Crippen LogP contribution in [-0.2, 0) is 16.0 Å². The quantitative estimate of drug-likeness (QED) is 0.458. The van der Waals surface area contributed by atoms with Crippen LogP contribution in [0, 0.1) is 5.82 Å². The number of carbonyl (C=O) groups excluding carboxylic acids is 2. The first-order valence-electron chi connectivity index (χ1n) is 5.67. The van der Waals surface area contributed by atoms with E-state index in [1.807, 2.05) is 0 Å². The largest absolute Gasteiger partial charge is 0.463 e. The third-order valence-electron chi connectivity index (χ3n) is 2.32. The molecule has 0 N–H and O–H groups in total. The average Bonchev–Trinajstić information content (AvgIpc) is 2.29. The van der Waals surface area contributed by atoms with E-state index in [-0.39, 0.29) is 5.78 Å². The molecule has 0 aromatic heterocycles. The molecular formula is C14H15FO3. The van der Waals surface area contributed by atoms with E-state index in [1.165, 1.54) is 31.2 Å². The van der Waals surface area contributed by atoms with Crippen LogP contribution < -0.4 is 0 Å². The number of hydrogen-bond donors (Lipinski definition) is 0. The highest BCUT2D eigenvalue weighted by atomic mass is 19.1. The van der Waals surface area contributed by atoms with Crippen LogP contribution in [0.25, 0.3) is 0 Å². The van der Waals surface area contributed by atoms with Gasteiger partial charge in [0.05, 0.1) is 6.61 Å². The van der Waals surface area contributed by atoms with Gasteiger partial charge in [0.25, 0.3) is 0 Å². The third-order valence-corrected chi connectivity index (χ3v) is 2.32. The summed E-state index contributed by atoms with van der Waals surface area (Å²) in [5, 5.41) is 0. The Morgan fingerprint density at radius 1 is 1.39 bits per heavy atom. The van der Waals surface area contributed by atoms with Gasteiger partial charge in [-0.3, -0.25) is 4.79 Å². The summed E-state index contributed by atoms with van der Waals surface area (Å²) in [7, 11) is 0. The monoisotopic (exact) mass is 250 g/mol. The molecule has 0 saturated carbocycles. The van der Waals surface area contributed by atoms with E-state index in [4.69, 9.17) is 4.74 Å². The molecule has 96 valence electrons. The second-order valence-electron chi connectivity index (χ2n) is 3.72. The summed E-state index contributed by atoms with van der Waals surface area (Å²) in [6, 6.07) is 3.99. The molecule has 0 saturated heterocycles. The molecule has 0 atom stereocenters. The number of ketones is 1. The van der Waals surface area contributed by atoms with Crippen molar-refractivity contribution >= 4 is 11.8 Å². The highest BCUT2D eigenvalue weighted by Gasteiger charge is 2.07. The van der Waals surface area contributed by atoms with E-state index in [9.17, 15) is 14.0 Å². The topological polar surface area (TPSA) is 43.4 Å². The lowest BCUT2D eigenvalue weighted by molar-refractivity contribution is -0.137. The van der Waals surface area contributed by atoms with Crippen LogP contribution in [0.3, 0.4) is 0 Å². The summed E-state index contributed by atoms with van der Waals surface area (Å²) in [5.41, 5.74) is 1.02. The van der Waals surface area contributed by atoms with Crippen LogP contribution in [-0.4, -0.2) is 18.4 Å². The maximum absolute atomic E-state index is 13.1. The fourth-order valence-corrected chi connectivity index (χ4v) is 1.55. The fraction of sp³-hybridized carbons (Fsp3) is 0.286. The second-order valence-corrected chi connectivity index (χ2v) is 3.72. The molecule has 0 aliphatic heterocycles. The maximum atomic E-state index is 13.1. The van der Waals surface area contributed by atoms with Crippen molar-refractivity contribution in [2.45, 2.75) is 20.3 Å². The average molecular weight is 250 g/mol. The van der Waals surface area contributed by atoms with Gasteiger partial charge in [-0.05, 0) is 44.0 Å². The van der Waals surface area contributed by atoms with Crippen molar-refractivity contribution in [1.82, 2.24) is 0 Å². The Morgan fingerprint density at radius 3 is 2.72 bits per heavy atom. The van der Waals surface area contributed by atoms with Crippen molar-refractivity contribution in [3.8, 4) is 0 Å². The fourth-order valence-electron chi connectivity index (χ4n) is 1.55.